The maximum Gasteiger partial charge on any atom is 0.423 e. The summed E-state index contributed by atoms with van der Waals surface area (Å²) in [6.45, 7) is -0.665. The fourth-order valence-corrected chi connectivity index (χ4v) is 3.65. The minimum Gasteiger partial charge on any atom is -0.459 e. The van der Waals surface area contributed by atoms with Gasteiger partial charge in [0.15, 0.2) is 18.5 Å². The van der Waals surface area contributed by atoms with E-state index in [9.17, 15) is 32.3 Å². The van der Waals surface area contributed by atoms with Crippen LogP contribution in [0.5, 0.6) is 0 Å². The third kappa shape index (κ3) is 5.61. The molecule has 0 spiro atoms. The number of hydrogen-bond donors (Lipinski definition) is 1. The molecule has 0 aliphatic carbocycles. The Balaban J connectivity index is 1.63. The Morgan fingerprint density at radius 3 is 2.08 bits per heavy atom. The van der Waals surface area contributed by atoms with Crippen LogP contribution in [0.3, 0.4) is 0 Å². The molecule has 37 heavy (non-hydrogen) atoms. The molecule has 3 aromatic rings. The van der Waals surface area contributed by atoms with Crippen molar-refractivity contribution in [2.75, 3.05) is 6.61 Å². The first-order valence-corrected chi connectivity index (χ1v) is 10.8. The van der Waals surface area contributed by atoms with Crippen LogP contribution in [0, 0.1) is 0 Å². The molecule has 1 N–H and O–H groups in total. The number of hydrogen-bond acceptors (Lipinski definition) is 7. The maximum absolute atomic E-state index is 15.5. The summed E-state index contributed by atoms with van der Waals surface area (Å²) in [6.07, 6.45) is -12.7. The number of benzene rings is 2. The lowest BCUT2D eigenvalue weighted by Crippen LogP contribution is -2.40. The molecule has 194 valence electrons. The van der Waals surface area contributed by atoms with Crippen molar-refractivity contribution in [1.82, 2.24) is 9.55 Å². The number of aromatic nitrogens is 2. The van der Waals surface area contributed by atoms with Crippen LogP contribution >= 0.6 is 0 Å². The average molecular weight is 522 g/mol. The highest BCUT2D eigenvalue weighted by Gasteiger charge is 2.50. The van der Waals surface area contributed by atoms with E-state index in [2.05, 4.69) is 0 Å². The summed E-state index contributed by atoms with van der Waals surface area (Å²) in [5, 5.41) is 0. The number of nitrogens with zero attached hydrogens (tertiary/aromatic N) is 1. The lowest BCUT2D eigenvalue weighted by Gasteiger charge is -2.19. The molecule has 0 amide bonds. The van der Waals surface area contributed by atoms with Crippen molar-refractivity contribution in [2.24, 2.45) is 0 Å². The zero-order valence-corrected chi connectivity index (χ0v) is 18.7. The first kappa shape index (κ1) is 25.8. The molecule has 0 unspecified atom stereocenters. The highest BCUT2D eigenvalue weighted by molar-refractivity contribution is 5.90. The maximum atomic E-state index is 15.5. The molecule has 2 heterocycles. The normalized spacial score (nSPS) is 21.4. The zero-order chi connectivity index (χ0) is 26.7. The molecule has 1 aliphatic rings. The topological polar surface area (TPSA) is 117 Å². The number of aromatic amines is 1. The van der Waals surface area contributed by atoms with Crippen LogP contribution in [-0.4, -0.2) is 46.5 Å². The van der Waals surface area contributed by atoms with Gasteiger partial charge in [0.05, 0.1) is 11.1 Å². The zero-order valence-electron chi connectivity index (χ0n) is 18.7. The summed E-state index contributed by atoms with van der Waals surface area (Å²) in [6, 6.07) is 15.1. The van der Waals surface area contributed by atoms with Gasteiger partial charge in [-0.15, -0.1) is 0 Å². The lowest BCUT2D eigenvalue weighted by molar-refractivity contribution is -0.139. The SMILES string of the molecule is O=C(OC[C@H]1O[C@@H](n2cc(C(F)(F)F)c(=O)[nH]c2=O)[C@@H](F)[C@@H]1OC(=O)c1ccccc1)c1ccccc1. The van der Waals surface area contributed by atoms with Gasteiger partial charge in [-0.05, 0) is 24.3 Å². The summed E-state index contributed by atoms with van der Waals surface area (Å²) >= 11 is 0. The fraction of sp³-hybridized carbons (Fsp3) is 0.250. The van der Waals surface area contributed by atoms with Crippen LogP contribution in [0.25, 0.3) is 0 Å². The standard InChI is InChI=1S/C24H18F4N2O7/c25-17-18(37-22(33)14-9-5-2-6-10-14)16(12-35-21(32)13-7-3-1-4-8-13)36-20(17)30-11-15(24(26,27)28)19(31)29-23(30)34/h1-11,16-18,20H,12H2,(H,29,31,34)/t16-,17+,18-,20-/m1/s1. The minimum absolute atomic E-state index is 0.0405. The molecule has 1 aliphatic heterocycles. The van der Waals surface area contributed by atoms with Crippen LogP contribution in [-0.2, 0) is 20.4 Å². The van der Waals surface area contributed by atoms with Gasteiger partial charge < -0.3 is 14.2 Å². The number of nitrogens with one attached hydrogen (secondary N) is 1. The summed E-state index contributed by atoms with van der Waals surface area (Å²) in [5.74, 6) is -1.81. The van der Waals surface area contributed by atoms with E-state index < -0.39 is 66.1 Å². The van der Waals surface area contributed by atoms with Crippen LogP contribution < -0.4 is 11.2 Å². The third-order valence-corrected chi connectivity index (χ3v) is 5.46. The van der Waals surface area contributed by atoms with Gasteiger partial charge in [0.1, 0.15) is 18.3 Å². The van der Waals surface area contributed by atoms with Crippen LogP contribution in [0.15, 0.2) is 76.4 Å². The lowest BCUT2D eigenvalue weighted by atomic mass is 10.1. The fourth-order valence-electron chi connectivity index (χ4n) is 3.65. The Labute approximate surface area is 205 Å². The highest BCUT2D eigenvalue weighted by Crippen LogP contribution is 2.35. The third-order valence-electron chi connectivity index (χ3n) is 5.46. The van der Waals surface area contributed by atoms with Gasteiger partial charge in [0.2, 0.25) is 0 Å². The number of carbonyl (C=O) groups is 2. The van der Waals surface area contributed by atoms with Crippen molar-refractivity contribution in [3.63, 3.8) is 0 Å². The molecular weight excluding hydrogens is 504 g/mol. The molecule has 13 heteroatoms. The second-order valence-electron chi connectivity index (χ2n) is 7.92. The Morgan fingerprint density at radius 1 is 0.946 bits per heavy atom. The van der Waals surface area contributed by atoms with Crippen molar-refractivity contribution in [2.45, 2.75) is 30.8 Å². The monoisotopic (exact) mass is 522 g/mol. The van der Waals surface area contributed by atoms with E-state index in [1.807, 2.05) is 0 Å². The number of alkyl halides is 4. The predicted octanol–water partition coefficient (Wildman–Crippen LogP) is 2.87. The summed E-state index contributed by atoms with van der Waals surface area (Å²) in [4.78, 5) is 50.3. The van der Waals surface area contributed by atoms with Crippen LogP contribution in [0.1, 0.15) is 32.5 Å². The van der Waals surface area contributed by atoms with Crippen molar-refractivity contribution in [3.8, 4) is 0 Å². The van der Waals surface area contributed by atoms with Gasteiger partial charge >= 0.3 is 23.8 Å². The van der Waals surface area contributed by atoms with Gasteiger partial charge in [0.25, 0.3) is 5.56 Å². The average Bonchev–Trinajstić information content (AvgIpc) is 3.17. The number of esters is 2. The number of ether oxygens (including phenoxy) is 3. The van der Waals surface area contributed by atoms with E-state index in [1.54, 1.807) is 24.3 Å². The smallest absolute Gasteiger partial charge is 0.423 e. The molecule has 9 nitrogen and oxygen atoms in total. The number of rotatable bonds is 6. The van der Waals surface area contributed by atoms with Crippen LogP contribution in [0.2, 0.25) is 0 Å². The molecule has 2 aromatic carbocycles. The molecule has 0 bridgehead atoms. The summed E-state index contributed by atoms with van der Waals surface area (Å²) in [7, 11) is 0. The molecule has 0 saturated carbocycles. The molecular formula is C24H18F4N2O7. The van der Waals surface area contributed by atoms with Gasteiger partial charge in [-0.1, -0.05) is 36.4 Å². The van der Waals surface area contributed by atoms with E-state index >= 15 is 4.39 Å². The van der Waals surface area contributed by atoms with Gasteiger partial charge in [-0.25, -0.2) is 18.8 Å². The predicted molar refractivity (Wildman–Crippen MR) is 118 cm³/mol. The van der Waals surface area contributed by atoms with Crippen molar-refractivity contribution < 1.29 is 41.4 Å². The minimum atomic E-state index is -5.16. The van der Waals surface area contributed by atoms with Crippen molar-refractivity contribution >= 4 is 11.9 Å². The molecule has 4 atom stereocenters. The Hall–Kier alpha value is -4.26. The van der Waals surface area contributed by atoms with E-state index in [-0.39, 0.29) is 21.9 Å². The number of halogens is 4. The van der Waals surface area contributed by atoms with Gasteiger partial charge in [-0.3, -0.25) is 14.3 Å². The summed E-state index contributed by atoms with van der Waals surface area (Å²) < 4.78 is 71.2. The van der Waals surface area contributed by atoms with Crippen molar-refractivity contribution in [1.29, 1.82) is 0 Å². The first-order chi connectivity index (χ1) is 17.6. The molecule has 1 fully saturated rings. The first-order valence-electron chi connectivity index (χ1n) is 10.8. The van der Waals surface area contributed by atoms with Crippen LogP contribution in [0.4, 0.5) is 17.6 Å². The Kier molecular flexibility index (Phi) is 7.25. The Bertz CT molecular complexity index is 1390. The molecule has 4 rings (SSSR count). The molecule has 1 saturated heterocycles. The van der Waals surface area contributed by atoms with Gasteiger partial charge in [-0.2, -0.15) is 13.2 Å². The molecule has 1 aromatic heterocycles. The number of H-pyrrole nitrogens is 1. The second kappa shape index (κ2) is 10.4. The molecule has 0 radical (unpaired) electrons. The van der Waals surface area contributed by atoms with E-state index in [0.717, 1.165) is 0 Å². The highest BCUT2D eigenvalue weighted by atomic mass is 19.4. The Morgan fingerprint density at radius 2 is 1.51 bits per heavy atom. The second-order valence-corrected chi connectivity index (χ2v) is 7.92. The van der Waals surface area contributed by atoms with Crippen molar-refractivity contribution in [3.05, 3.63) is 104 Å². The van der Waals surface area contributed by atoms with E-state index in [4.69, 9.17) is 14.2 Å². The quantitative estimate of drug-likeness (QED) is 0.391. The van der Waals surface area contributed by atoms with E-state index in [1.165, 1.54) is 41.4 Å². The van der Waals surface area contributed by atoms with E-state index in [0.29, 0.717) is 0 Å². The van der Waals surface area contributed by atoms with Gasteiger partial charge in [0, 0.05) is 6.20 Å². The largest absolute Gasteiger partial charge is 0.459 e. The number of carbonyl (C=O) groups excluding carboxylic acids is 2. The summed E-state index contributed by atoms with van der Waals surface area (Å²) in [5.41, 5.74) is -4.68.